The molecule has 0 aliphatic rings. The largest absolute Gasteiger partial charge is 0.330 e. The molecule has 0 unspecified atom stereocenters. The molecule has 19 heavy (non-hydrogen) atoms. The number of rotatable bonds is 6. The van der Waals surface area contributed by atoms with E-state index in [0.717, 1.165) is 30.4 Å². The van der Waals surface area contributed by atoms with Crippen LogP contribution in [0.25, 0.3) is 0 Å². The maximum Gasteiger partial charge on any atom is 0.0995 e. The molecule has 4 heteroatoms. The molecule has 2 rings (SSSR count). The topological polar surface area (TPSA) is 41.6 Å². The van der Waals surface area contributed by atoms with Crippen LogP contribution in [0.1, 0.15) is 29.7 Å². The number of unbranched alkanes of at least 4 members (excludes halogenated alkanes) is 1. The molecule has 0 N–H and O–H groups in total. The molecule has 98 valence electrons. The summed E-state index contributed by atoms with van der Waals surface area (Å²) >= 11 is 5.69. The molecule has 0 aliphatic heterocycles. The van der Waals surface area contributed by atoms with Gasteiger partial charge in [-0.15, -0.1) is 11.6 Å². The molecule has 1 aromatic heterocycles. The molecule has 1 aromatic carbocycles. The van der Waals surface area contributed by atoms with Crippen molar-refractivity contribution in [1.82, 2.24) is 9.55 Å². The quantitative estimate of drug-likeness (QED) is 0.598. The second kappa shape index (κ2) is 6.96. The lowest BCUT2D eigenvalue weighted by molar-refractivity contribution is 0.696. The van der Waals surface area contributed by atoms with Gasteiger partial charge >= 0.3 is 0 Å². The highest BCUT2D eigenvalue weighted by Crippen LogP contribution is 2.12. The minimum atomic E-state index is 0.694. The van der Waals surface area contributed by atoms with Gasteiger partial charge in [0.05, 0.1) is 24.5 Å². The summed E-state index contributed by atoms with van der Waals surface area (Å²) in [6.45, 7) is 0.694. The van der Waals surface area contributed by atoms with E-state index in [2.05, 4.69) is 15.6 Å². The van der Waals surface area contributed by atoms with E-state index in [-0.39, 0.29) is 0 Å². The molecule has 3 nitrogen and oxygen atoms in total. The van der Waals surface area contributed by atoms with Gasteiger partial charge in [0, 0.05) is 17.8 Å². The van der Waals surface area contributed by atoms with Crippen LogP contribution in [0.2, 0.25) is 0 Å². The summed E-state index contributed by atoms with van der Waals surface area (Å²) in [6.07, 6.45) is 6.77. The molecule has 0 aliphatic carbocycles. The van der Waals surface area contributed by atoms with E-state index in [1.54, 1.807) is 0 Å². The van der Waals surface area contributed by atoms with Crippen molar-refractivity contribution in [3.8, 4) is 6.07 Å². The van der Waals surface area contributed by atoms with E-state index in [1.165, 1.54) is 5.69 Å². The molecular weight excluding hydrogens is 258 g/mol. The van der Waals surface area contributed by atoms with Gasteiger partial charge in [-0.2, -0.15) is 5.26 Å². The van der Waals surface area contributed by atoms with Crippen LogP contribution in [0.15, 0.2) is 36.8 Å². The zero-order valence-electron chi connectivity index (χ0n) is 10.7. The molecule has 1 heterocycles. The first-order valence-corrected chi connectivity index (χ1v) is 6.91. The van der Waals surface area contributed by atoms with Gasteiger partial charge in [-0.25, -0.2) is 4.98 Å². The fourth-order valence-electron chi connectivity index (χ4n) is 2.05. The van der Waals surface area contributed by atoms with Crippen molar-refractivity contribution in [1.29, 1.82) is 5.26 Å². The Morgan fingerprint density at radius 2 is 2.11 bits per heavy atom. The fraction of sp³-hybridized carbons (Fsp3) is 0.333. The Balaban J connectivity index is 2.11. The van der Waals surface area contributed by atoms with E-state index in [9.17, 15) is 0 Å². The summed E-state index contributed by atoms with van der Waals surface area (Å²) in [5, 5.41) is 9.10. The number of benzene rings is 1. The standard InChI is InChI=1S/C15H16ClN3/c16-8-4-3-7-15-10-18-12-19(15)11-14-6-2-1-5-13(14)9-17/h1-2,5-6,10,12H,3-4,7-8,11H2. The van der Waals surface area contributed by atoms with Crippen molar-refractivity contribution < 1.29 is 0 Å². The van der Waals surface area contributed by atoms with Gasteiger partial charge in [-0.1, -0.05) is 18.2 Å². The Morgan fingerprint density at radius 3 is 2.89 bits per heavy atom. The van der Waals surface area contributed by atoms with Crippen LogP contribution in [0.4, 0.5) is 0 Å². The molecule has 0 fully saturated rings. The predicted octanol–water partition coefficient (Wildman–Crippen LogP) is 3.36. The van der Waals surface area contributed by atoms with Crippen LogP contribution in [0.3, 0.4) is 0 Å². The lowest BCUT2D eigenvalue weighted by Crippen LogP contribution is -2.05. The monoisotopic (exact) mass is 273 g/mol. The summed E-state index contributed by atoms with van der Waals surface area (Å²) in [5.41, 5.74) is 2.95. The zero-order chi connectivity index (χ0) is 13.5. The van der Waals surface area contributed by atoms with Crippen molar-refractivity contribution in [2.45, 2.75) is 25.8 Å². The Hall–Kier alpha value is -1.79. The second-order valence-electron chi connectivity index (χ2n) is 4.43. The van der Waals surface area contributed by atoms with Crippen molar-refractivity contribution in [2.24, 2.45) is 0 Å². The van der Waals surface area contributed by atoms with Gasteiger partial charge < -0.3 is 4.57 Å². The summed E-state index contributed by atoms with van der Waals surface area (Å²) < 4.78 is 2.10. The Kier molecular flexibility index (Phi) is 5.00. The number of imidazole rings is 1. The van der Waals surface area contributed by atoms with Crippen molar-refractivity contribution in [3.63, 3.8) is 0 Å². The Morgan fingerprint density at radius 1 is 1.26 bits per heavy atom. The van der Waals surface area contributed by atoms with Gasteiger partial charge in [-0.3, -0.25) is 0 Å². The van der Waals surface area contributed by atoms with Gasteiger partial charge in [0.2, 0.25) is 0 Å². The van der Waals surface area contributed by atoms with Gasteiger partial charge in [0.15, 0.2) is 0 Å². The highest BCUT2D eigenvalue weighted by Gasteiger charge is 2.06. The van der Waals surface area contributed by atoms with E-state index < -0.39 is 0 Å². The van der Waals surface area contributed by atoms with E-state index in [0.29, 0.717) is 12.4 Å². The van der Waals surface area contributed by atoms with Crippen molar-refractivity contribution in [3.05, 3.63) is 53.6 Å². The third-order valence-corrected chi connectivity index (χ3v) is 3.36. The zero-order valence-corrected chi connectivity index (χ0v) is 11.5. The maximum absolute atomic E-state index is 9.10. The minimum absolute atomic E-state index is 0.694. The number of aryl methyl sites for hydroxylation is 1. The number of aromatic nitrogens is 2. The fourth-order valence-corrected chi connectivity index (χ4v) is 2.24. The summed E-state index contributed by atoms with van der Waals surface area (Å²) in [7, 11) is 0. The van der Waals surface area contributed by atoms with Gasteiger partial charge in [0.25, 0.3) is 0 Å². The van der Waals surface area contributed by atoms with E-state index >= 15 is 0 Å². The summed E-state index contributed by atoms with van der Waals surface area (Å²) in [4.78, 5) is 4.20. The average molecular weight is 274 g/mol. The maximum atomic E-state index is 9.10. The van der Waals surface area contributed by atoms with Gasteiger partial charge in [0.1, 0.15) is 0 Å². The van der Waals surface area contributed by atoms with Crippen LogP contribution < -0.4 is 0 Å². The van der Waals surface area contributed by atoms with E-state index in [4.69, 9.17) is 16.9 Å². The predicted molar refractivity (Wildman–Crippen MR) is 76.1 cm³/mol. The molecule has 0 radical (unpaired) electrons. The average Bonchev–Trinajstić information content (AvgIpc) is 2.87. The number of nitriles is 1. The lowest BCUT2D eigenvalue weighted by atomic mass is 10.1. The Bertz CT molecular complexity index is 569. The normalized spacial score (nSPS) is 10.3. The lowest BCUT2D eigenvalue weighted by Gasteiger charge is -2.09. The van der Waals surface area contributed by atoms with Crippen molar-refractivity contribution >= 4 is 11.6 Å². The van der Waals surface area contributed by atoms with Crippen LogP contribution in [-0.4, -0.2) is 15.4 Å². The number of halogens is 1. The smallest absolute Gasteiger partial charge is 0.0995 e. The molecule has 0 saturated carbocycles. The van der Waals surface area contributed by atoms with Crippen LogP contribution in [0.5, 0.6) is 0 Å². The first-order chi connectivity index (χ1) is 9.35. The van der Waals surface area contributed by atoms with Crippen LogP contribution in [0, 0.1) is 11.3 Å². The number of hydrogen-bond donors (Lipinski definition) is 0. The van der Waals surface area contributed by atoms with Gasteiger partial charge in [-0.05, 0) is 30.9 Å². The second-order valence-corrected chi connectivity index (χ2v) is 4.81. The molecule has 0 bridgehead atoms. The third-order valence-electron chi connectivity index (χ3n) is 3.09. The first-order valence-electron chi connectivity index (χ1n) is 6.38. The number of alkyl halides is 1. The molecule has 0 atom stereocenters. The summed E-state index contributed by atoms with van der Waals surface area (Å²) in [6, 6.07) is 9.91. The highest BCUT2D eigenvalue weighted by molar-refractivity contribution is 6.17. The summed E-state index contributed by atoms with van der Waals surface area (Å²) in [5.74, 6) is 0.700. The molecule has 0 spiro atoms. The SMILES string of the molecule is N#Cc1ccccc1Cn1cncc1CCCCCl. The van der Waals surface area contributed by atoms with Crippen LogP contribution in [-0.2, 0) is 13.0 Å². The molecule has 0 amide bonds. The Labute approximate surface area is 118 Å². The third kappa shape index (κ3) is 3.59. The number of nitrogens with zero attached hydrogens (tertiary/aromatic N) is 3. The minimum Gasteiger partial charge on any atom is -0.330 e. The van der Waals surface area contributed by atoms with Crippen LogP contribution >= 0.6 is 11.6 Å². The molecule has 0 saturated heterocycles. The van der Waals surface area contributed by atoms with Crippen molar-refractivity contribution in [2.75, 3.05) is 5.88 Å². The number of hydrogen-bond acceptors (Lipinski definition) is 2. The molecular formula is C15H16ClN3. The molecule has 2 aromatic rings. The van der Waals surface area contributed by atoms with E-state index in [1.807, 2.05) is 36.8 Å². The first kappa shape index (κ1) is 13.6. The highest BCUT2D eigenvalue weighted by atomic mass is 35.5.